The predicted octanol–water partition coefficient (Wildman–Crippen LogP) is 3.89. The summed E-state index contributed by atoms with van der Waals surface area (Å²) in [5.41, 5.74) is 1.70. The van der Waals surface area contributed by atoms with E-state index in [-0.39, 0.29) is 10.6 Å². The molecule has 0 amide bonds. The fourth-order valence-corrected chi connectivity index (χ4v) is 2.25. The Bertz CT molecular complexity index is 438. The minimum atomic E-state index is -0.366. The second-order valence-corrected chi connectivity index (χ2v) is 5.21. The van der Waals surface area contributed by atoms with E-state index in [1.807, 2.05) is 0 Å². The van der Waals surface area contributed by atoms with Crippen molar-refractivity contribution in [1.29, 1.82) is 0 Å². The molecule has 1 aromatic carbocycles. The van der Waals surface area contributed by atoms with Crippen LogP contribution in [0.1, 0.15) is 24.8 Å². The topological polar surface area (TPSA) is 64.4 Å². The van der Waals surface area contributed by atoms with Gasteiger partial charge in [-0.3, -0.25) is 10.1 Å². The Hall–Kier alpha value is -1.14. The second-order valence-electron chi connectivity index (χ2n) is 4.36. The largest absolute Gasteiger partial charge is 0.385 e. The number of nitrogens with one attached hydrogen (secondary N) is 1. The van der Waals surface area contributed by atoms with Crippen molar-refractivity contribution in [1.82, 2.24) is 0 Å². The van der Waals surface area contributed by atoms with Crippen LogP contribution in [0.4, 0.5) is 11.4 Å². The third kappa shape index (κ3) is 5.16. The first-order chi connectivity index (χ1) is 9.06. The average molecular weight is 331 g/mol. The van der Waals surface area contributed by atoms with Gasteiger partial charge in [0.25, 0.3) is 5.69 Å². The summed E-state index contributed by atoms with van der Waals surface area (Å²) in [6.07, 6.45) is 3.20. The number of aryl methyl sites for hydroxylation is 1. The van der Waals surface area contributed by atoms with Crippen molar-refractivity contribution in [3.63, 3.8) is 0 Å². The van der Waals surface area contributed by atoms with Crippen molar-refractivity contribution in [2.24, 2.45) is 0 Å². The van der Waals surface area contributed by atoms with Gasteiger partial charge < -0.3 is 10.1 Å². The minimum absolute atomic E-state index is 0.137. The molecule has 0 aliphatic carbocycles. The second kappa shape index (κ2) is 8.12. The summed E-state index contributed by atoms with van der Waals surface area (Å²) < 4.78 is 5.71. The van der Waals surface area contributed by atoms with Gasteiger partial charge in [-0.25, -0.2) is 0 Å². The molecule has 0 spiro atoms. The van der Waals surface area contributed by atoms with Gasteiger partial charge in [0.15, 0.2) is 0 Å². The van der Waals surface area contributed by atoms with E-state index in [2.05, 4.69) is 21.2 Å². The van der Waals surface area contributed by atoms with Crippen LogP contribution in [-0.4, -0.2) is 25.2 Å². The molecule has 0 unspecified atom stereocenters. The van der Waals surface area contributed by atoms with Gasteiger partial charge in [0.2, 0.25) is 0 Å². The average Bonchev–Trinajstić information content (AvgIpc) is 2.36. The van der Waals surface area contributed by atoms with E-state index < -0.39 is 0 Å². The summed E-state index contributed by atoms with van der Waals surface area (Å²) >= 11 is 3.36. The van der Waals surface area contributed by atoms with Gasteiger partial charge in [0.05, 0.1) is 4.92 Å². The summed E-state index contributed by atoms with van der Waals surface area (Å²) in [5, 5.41) is 14.1. The maximum Gasteiger partial charge on any atom is 0.273 e. The van der Waals surface area contributed by atoms with Crippen LogP contribution in [0, 0.1) is 17.0 Å². The fraction of sp³-hybridized carbons (Fsp3) is 0.538. The Kier molecular flexibility index (Phi) is 6.80. The Balaban J connectivity index is 2.50. The predicted molar refractivity (Wildman–Crippen MR) is 79.8 cm³/mol. The highest BCUT2D eigenvalue weighted by molar-refractivity contribution is 9.10. The van der Waals surface area contributed by atoms with E-state index in [1.165, 1.54) is 0 Å². The first-order valence-electron chi connectivity index (χ1n) is 6.23. The molecular formula is C13H19BrN2O3. The first kappa shape index (κ1) is 15.9. The summed E-state index contributed by atoms with van der Waals surface area (Å²) in [6, 6.07) is 3.35. The van der Waals surface area contributed by atoms with Crippen molar-refractivity contribution in [3.05, 3.63) is 32.3 Å². The highest BCUT2D eigenvalue weighted by atomic mass is 79.9. The molecule has 0 saturated heterocycles. The molecule has 0 saturated carbocycles. The summed E-state index contributed by atoms with van der Waals surface area (Å²) in [6.45, 7) is 3.38. The smallest absolute Gasteiger partial charge is 0.273 e. The van der Waals surface area contributed by atoms with Crippen molar-refractivity contribution in [2.45, 2.75) is 26.2 Å². The van der Waals surface area contributed by atoms with Gasteiger partial charge >= 0.3 is 0 Å². The van der Waals surface area contributed by atoms with Gasteiger partial charge in [-0.1, -0.05) is 0 Å². The number of nitro benzene ring substituents is 1. The molecule has 0 heterocycles. The monoisotopic (exact) mass is 330 g/mol. The molecule has 0 fully saturated rings. The SMILES string of the molecule is COCCCCCNc1cc(C)c([N+](=O)[O-])cc1Br. The molecule has 1 aromatic rings. The minimum Gasteiger partial charge on any atom is -0.385 e. The highest BCUT2D eigenvalue weighted by Gasteiger charge is 2.13. The third-order valence-corrected chi connectivity index (χ3v) is 3.48. The number of unbranched alkanes of at least 4 members (excludes halogenated alkanes) is 2. The zero-order chi connectivity index (χ0) is 14.3. The van der Waals surface area contributed by atoms with Crippen LogP contribution in [-0.2, 0) is 4.74 Å². The van der Waals surface area contributed by atoms with Gasteiger partial charge in [-0.05, 0) is 48.2 Å². The maximum atomic E-state index is 10.8. The van der Waals surface area contributed by atoms with Crippen LogP contribution < -0.4 is 5.32 Å². The zero-order valence-corrected chi connectivity index (χ0v) is 12.8. The van der Waals surface area contributed by atoms with Gasteiger partial charge in [0.1, 0.15) is 0 Å². The number of rotatable bonds is 8. The van der Waals surface area contributed by atoms with Gasteiger partial charge in [-0.2, -0.15) is 0 Å². The van der Waals surface area contributed by atoms with Crippen molar-refractivity contribution >= 4 is 27.3 Å². The molecule has 19 heavy (non-hydrogen) atoms. The molecule has 0 radical (unpaired) electrons. The Labute approximate surface area is 121 Å². The number of hydrogen-bond donors (Lipinski definition) is 1. The number of hydrogen-bond acceptors (Lipinski definition) is 4. The molecule has 5 nitrogen and oxygen atoms in total. The molecule has 0 aliphatic rings. The number of ether oxygens (including phenoxy) is 1. The maximum absolute atomic E-state index is 10.8. The van der Waals surface area contributed by atoms with Crippen LogP contribution in [0.5, 0.6) is 0 Å². The van der Waals surface area contributed by atoms with Crippen LogP contribution >= 0.6 is 15.9 Å². The van der Waals surface area contributed by atoms with E-state index in [0.29, 0.717) is 5.56 Å². The summed E-state index contributed by atoms with van der Waals surface area (Å²) in [5.74, 6) is 0. The lowest BCUT2D eigenvalue weighted by Crippen LogP contribution is -2.04. The first-order valence-corrected chi connectivity index (χ1v) is 7.03. The molecule has 1 rings (SSSR count). The fourth-order valence-electron chi connectivity index (χ4n) is 1.77. The van der Waals surface area contributed by atoms with Crippen molar-refractivity contribution in [3.8, 4) is 0 Å². The van der Waals surface area contributed by atoms with Crippen LogP contribution in [0.15, 0.2) is 16.6 Å². The standard InChI is InChI=1S/C13H19BrN2O3/c1-10-8-12(11(14)9-13(10)16(17)18)15-6-4-3-5-7-19-2/h8-9,15H,3-7H2,1-2H3. The lowest BCUT2D eigenvalue weighted by atomic mass is 10.1. The summed E-state index contributed by atoms with van der Waals surface area (Å²) in [7, 11) is 1.70. The van der Waals surface area contributed by atoms with Crippen LogP contribution in [0.3, 0.4) is 0 Å². The number of anilines is 1. The van der Waals surface area contributed by atoms with Crippen molar-refractivity contribution in [2.75, 3.05) is 25.6 Å². The number of nitrogens with zero attached hydrogens (tertiary/aromatic N) is 1. The molecule has 6 heteroatoms. The normalized spacial score (nSPS) is 10.5. The van der Waals surface area contributed by atoms with E-state index in [9.17, 15) is 10.1 Å². The summed E-state index contributed by atoms with van der Waals surface area (Å²) in [4.78, 5) is 10.4. The lowest BCUT2D eigenvalue weighted by Gasteiger charge is -2.10. The number of methoxy groups -OCH3 is 1. The highest BCUT2D eigenvalue weighted by Crippen LogP contribution is 2.30. The van der Waals surface area contributed by atoms with Crippen molar-refractivity contribution < 1.29 is 9.66 Å². The molecule has 0 bridgehead atoms. The number of benzene rings is 1. The van der Waals surface area contributed by atoms with Crippen LogP contribution in [0.25, 0.3) is 0 Å². The third-order valence-electron chi connectivity index (χ3n) is 2.82. The zero-order valence-electron chi connectivity index (χ0n) is 11.2. The molecule has 0 atom stereocenters. The van der Waals surface area contributed by atoms with Crippen LogP contribution in [0.2, 0.25) is 0 Å². The molecule has 1 N–H and O–H groups in total. The number of halogens is 1. The molecule has 106 valence electrons. The van der Waals surface area contributed by atoms with Gasteiger partial charge in [0, 0.05) is 42.1 Å². The van der Waals surface area contributed by atoms with E-state index in [4.69, 9.17) is 4.74 Å². The molecular weight excluding hydrogens is 312 g/mol. The van der Waals surface area contributed by atoms with Gasteiger partial charge in [-0.15, -0.1) is 0 Å². The quantitative estimate of drug-likeness (QED) is 0.446. The van der Waals surface area contributed by atoms with E-state index >= 15 is 0 Å². The Morgan fingerprint density at radius 3 is 2.74 bits per heavy atom. The Morgan fingerprint density at radius 1 is 1.37 bits per heavy atom. The molecule has 0 aromatic heterocycles. The Morgan fingerprint density at radius 2 is 2.11 bits per heavy atom. The van der Waals surface area contributed by atoms with E-state index in [0.717, 1.165) is 42.6 Å². The van der Waals surface area contributed by atoms with E-state index in [1.54, 1.807) is 26.2 Å². The number of nitro groups is 1. The molecule has 0 aliphatic heterocycles. The lowest BCUT2D eigenvalue weighted by molar-refractivity contribution is -0.385.